The first-order chi connectivity index (χ1) is 19.7. The van der Waals surface area contributed by atoms with Crippen molar-refractivity contribution in [3.05, 3.63) is 131 Å². The Morgan fingerprint density at radius 3 is 1.98 bits per heavy atom. The van der Waals surface area contributed by atoms with Gasteiger partial charge in [-0.1, -0.05) is 90.5 Å². The SMILES string of the molecule is CNC(=O)[C@H](Cc1ccccc1)N(Cc1ccccc1)C(=O)CN(c1ccc(F)c(Cl)c1)S(=O)(=O)c1ccccc1. The highest BCUT2D eigenvalue weighted by molar-refractivity contribution is 7.92. The molecule has 0 aliphatic heterocycles. The quantitative estimate of drug-likeness (QED) is 0.263. The van der Waals surface area contributed by atoms with Crippen LogP contribution < -0.4 is 9.62 Å². The molecule has 2 amide bonds. The summed E-state index contributed by atoms with van der Waals surface area (Å²) in [7, 11) is -2.81. The van der Waals surface area contributed by atoms with Crippen LogP contribution in [-0.2, 0) is 32.6 Å². The molecule has 7 nitrogen and oxygen atoms in total. The fourth-order valence-electron chi connectivity index (χ4n) is 4.39. The zero-order chi connectivity index (χ0) is 29.4. The standard InChI is InChI=1S/C31H29ClFN3O4S/c1-34-31(38)29(19-23-11-5-2-6-12-23)35(21-24-13-7-3-8-14-24)30(37)22-36(25-17-18-28(33)27(32)20-25)41(39,40)26-15-9-4-10-16-26/h2-18,20,29H,19,21-22H2,1H3,(H,34,38)/t29-/m0/s1. The number of carbonyl (C=O) groups is 2. The average Bonchev–Trinajstić information content (AvgIpc) is 3.00. The molecule has 0 fully saturated rings. The topological polar surface area (TPSA) is 86.8 Å². The lowest BCUT2D eigenvalue weighted by Gasteiger charge is -2.33. The molecule has 4 rings (SSSR count). The molecule has 0 saturated carbocycles. The lowest BCUT2D eigenvalue weighted by molar-refractivity contribution is -0.139. The van der Waals surface area contributed by atoms with Crippen LogP contribution in [0.4, 0.5) is 10.1 Å². The van der Waals surface area contributed by atoms with E-state index in [4.69, 9.17) is 11.6 Å². The minimum atomic E-state index is -4.29. The van der Waals surface area contributed by atoms with Gasteiger partial charge in [-0.05, 0) is 41.5 Å². The summed E-state index contributed by atoms with van der Waals surface area (Å²) in [6.45, 7) is -0.609. The molecular weight excluding hydrogens is 565 g/mol. The molecule has 0 bridgehead atoms. The second kappa shape index (κ2) is 13.4. The van der Waals surface area contributed by atoms with Crippen molar-refractivity contribution < 1.29 is 22.4 Å². The number of hydrogen-bond acceptors (Lipinski definition) is 4. The van der Waals surface area contributed by atoms with Crippen LogP contribution in [0.15, 0.2) is 114 Å². The molecule has 0 aliphatic rings. The number of benzene rings is 4. The molecule has 0 aromatic heterocycles. The largest absolute Gasteiger partial charge is 0.357 e. The van der Waals surface area contributed by atoms with Gasteiger partial charge in [0.05, 0.1) is 15.6 Å². The maximum atomic E-state index is 14.1. The molecule has 4 aromatic rings. The van der Waals surface area contributed by atoms with Gasteiger partial charge in [0.1, 0.15) is 18.4 Å². The highest BCUT2D eigenvalue weighted by Gasteiger charge is 2.34. The van der Waals surface area contributed by atoms with Crippen molar-refractivity contribution in [1.29, 1.82) is 0 Å². The summed E-state index contributed by atoms with van der Waals surface area (Å²) < 4.78 is 42.6. The number of carbonyl (C=O) groups excluding carboxylic acids is 2. The number of hydrogen-bond donors (Lipinski definition) is 1. The third-order valence-corrected chi connectivity index (χ3v) is 8.59. The van der Waals surface area contributed by atoms with E-state index < -0.39 is 40.2 Å². The molecule has 41 heavy (non-hydrogen) atoms. The Bertz CT molecular complexity index is 1590. The van der Waals surface area contributed by atoms with E-state index in [0.29, 0.717) is 0 Å². The molecule has 0 spiro atoms. The number of rotatable bonds is 11. The van der Waals surface area contributed by atoms with Crippen molar-refractivity contribution in [1.82, 2.24) is 10.2 Å². The summed E-state index contributed by atoms with van der Waals surface area (Å²) in [5.74, 6) is -1.76. The summed E-state index contributed by atoms with van der Waals surface area (Å²) >= 11 is 6.02. The Kier molecular flexibility index (Phi) is 9.75. The fourth-order valence-corrected chi connectivity index (χ4v) is 5.99. The smallest absolute Gasteiger partial charge is 0.264 e. The van der Waals surface area contributed by atoms with Crippen LogP contribution in [0.2, 0.25) is 5.02 Å². The minimum absolute atomic E-state index is 0.00724. The van der Waals surface area contributed by atoms with Crippen LogP contribution in [0, 0.1) is 5.82 Å². The van der Waals surface area contributed by atoms with Crippen LogP contribution in [0.3, 0.4) is 0 Å². The summed E-state index contributed by atoms with van der Waals surface area (Å²) in [4.78, 5) is 28.7. The molecule has 1 atom stereocenters. The highest BCUT2D eigenvalue weighted by Crippen LogP contribution is 2.28. The van der Waals surface area contributed by atoms with Crippen LogP contribution in [0.5, 0.6) is 0 Å². The van der Waals surface area contributed by atoms with Gasteiger partial charge in [-0.3, -0.25) is 13.9 Å². The lowest BCUT2D eigenvalue weighted by Crippen LogP contribution is -2.53. The number of sulfonamides is 1. The van der Waals surface area contributed by atoms with Gasteiger partial charge in [-0.25, -0.2) is 12.8 Å². The van der Waals surface area contributed by atoms with Crippen molar-refractivity contribution >= 4 is 39.1 Å². The van der Waals surface area contributed by atoms with Crippen molar-refractivity contribution in [2.45, 2.75) is 23.9 Å². The zero-order valence-corrected chi connectivity index (χ0v) is 23.9. The van der Waals surface area contributed by atoms with Gasteiger partial charge in [-0.15, -0.1) is 0 Å². The highest BCUT2D eigenvalue weighted by atomic mass is 35.5. The van der Waals surface area contributed by atoms with Crippen molar-refractivity contribution in [3.63, 3.8) is 0 Å². The number of halogens is 2. The van der Waals surface area contributed by atoms with E-state index in [-0.39, 0.29) is 28.6 Å². The van der Waals surface area contributed by atoms with E-state index in [1.165, 1.54) is 30.1 Å². The van der Waals surface area contributed by atoms with Crippen LogP contribution in [0.1, 0.15) is 11.1 Å². The Hall–Kier alpha value is -4.21. The van der Waals surface area contributed by atoms with Gasteiger partial charge in [0, 0.05) is 20.0 Å². The molecule has 0 unspecified atom stereocenters. The Morgan fingerprint density at radius 1 is 0.854 bits per heavy atom. The summed E-state index contributed by atoms with van der Waals surface area (Å²) in [6.07, 6.45) is 0.201. The lowest BCUT2D eigenvalue weighted by atomic mass is 10.0. The normalized spacial score (nSPS) is 11.9. The molecule has 0 aliphatic carbocycles. The van der Waals surface area contributed by atoms with E-state index in [1.807, 2.05) is 60.7 Å². The number of likely N-dealkylation sites (N-methyl/N-ethyl adjacent to an activating group) is 1. The molecule has 0 heterocycles. The molecule has 1 N–H and O–H groups in total. The molecule has 4 aromatic carbocycles. The number of anilines is 1. The van der Waals surface area contributed by atoms with Gasteiger partial charge in [0.2, 0.25) is 11.8 Å². The minimum Gasteiger partial charge on any atom is -0.357 e. The summed E-state index contributed by atoms with van der Waals surface area (Å²) in [5, 5.41) is 2.34. The predicted octanol–water partition coefficient (Wildman–Crippen LogP) is 5.06. The fraction of sp³-hybridized carbons (Fsp3) is 0.161. The maximum absolute atomic E-state index is 14.1. The zero-order valence-electron chi connectivity index (χ0n) is 22.3. The number of nitrogens with zero attached hydrogens (tertiary/aromatic N) is 2. The second-order valence-corrected chi connectivity index (χ2v) is 11.5. The van der Waals surface area contributed by atoms with E-state index in [2.05, 4.69) is 5.32 Å². The van der Waals surface area contributed by atoms with Gasteiger partial charge in [-0.2, -0.15) is 0 Å². The summed E-state index contributed by atoms with van der Waals surface area (Å²) in [5.41, 5.74) is 1.59. The van der Waals surface area contributed by atoms with Crippen molar-refractivity contribution in [3.8, 4) is 0 Å². The van der Waals surface area contributed by atoms with E-state index >= 15 is 0 Å². The second-order valence-electron chi connectivity index (χ2n) is 9.25. The molecule has 212 valence electrons. The Labute approximate surface area is 244 Å². The van der Waals surface area contributed by atoms with E-state index in [9.17, 15) is 22.4 Å². The first-order valence-corrected chi connectivity index (χ1v) is 14.6. The van der Waals surface area contributed by atoms with Crippen LogP contribution in [0.25, 0.3) is 0 Å². The average molecular weight is 594 g/mol. The summed E-state index contributed by atoms with van der Waals surface area (Å²) in [6, 6.07) is 28.5. The third-order valence-electron chi connectivity index (χ3n) is 6.51. The van der Waals surface area contributed by atoms with Gasteiger partial charge < -0.3 is 10.2 Å². The predicted molar refractivity (Wildman–Crippen MR) is 157 cm³/mol. The first-order valence-electron chi connectivity index (χ1n) is 12.8. The van der Waals surface area contributed by atoms with Crippen LogP contribution >= 0.6 is 11.6 Å². The molecule has 0 radical (unpaired) electrons. The Balaban J connectivity index is 1.78. The number of nitrogens with one attached hydrogen (secondary N) is 1. The Morgan fingerprint density at radius 2 is 1.41 bits per heavy atom. The monoisotopic (exact) mass is 593 g/mol. The maximum Gasteiger partial charge on any atom is 0.264 e. The first kappa shape index (κ1) is 29.8. The van der Waals surface area contributed by atoms with Crippen molar-refractivity contribution in [2.75, 3.05) is 17.9 Å². The van der Waals surface area contributed by atoms with Gasteiger partial charge in [0.15, 0.2) is 0 Å². The molecular formula is C31H29ClFN3O4S. The van der Waals surface area contributed by atoms with Gasteiger partial charge >= 0.3 is 0 Å². The van der Waals surface area contributed by atoms with Crippen molar-refractivity contribution in [2.24, 2.45) is 0 Å². The van der Waals surface area contributed by atoms with Crippen LogP contribution in [-0.4, -0.2) is 44.8 Å². The number of amides is 2. The van der Waals surface area contributed by atoms with E-state index in [0.717, 1.165) is 27.6 Å². The molecule has 0 saturated heterocycles. The van der Waals surface area contributed by atoms with Gasteiger partial charge in [0.25, 0.3) is 10.0 Å². The van der Waals surface area contributed by atoms with E-state index in [1.54, 1.807) is 18.2 Å². The third kappa shape index (κ3) is 7.31. The molecule has 10 heteroatoms.